The first-order chi connectivity index (χ1) is 7.63. The minimum absolute atomic E-state index is 0.109. The van der Waals surface area contributed by atoms with Crippen LogP contribution in [0.5, 0.6) is 0 Å². The van der Waals surface area contributed by atoms with Crippen LogP contribution in [0.25, 0.3) is 10.7 Å². The fourth-order valence-electron chi connectivity index (χ4n) is 1.47. The molecule has 6 heteroatoms. The molecule has 0 aliphatic rings. The average Bonchev–Trinajstić information content (AvgIpc) is 2.82. The molecular formula is C10H11N3O2S. The molecule has 0 aliphatic carbocycles. The number of aryl methyl sites for hydroxylation is 2. The Balaban J connectivity index is 2.52. The summed E-state index contributed by atoms with van der Waals surface area (Å²) in [7, 11) is 0. The summed E-state index contributed by atoms with van der Waals surface area (Å²) >= 11 is 1.16. The summed E-state index contributed by atoms with van der Waals surface area (Å²) < 4.78 is 1.96. The van der Waals surface area contributed by atoms with Crippen LogP contribution in [0.1, 0.15) is 22.4 Å². The van der Waals surface area contributed by atoms with Crippen molar-refractivity contribution in [3.63, 3.8) is 0 Å². The van der Waals surface area contributed by atoms with E-state index in [0.29, 0.717) is 5.69 Å². The molecule has 2 rings (SSSR count). The molecule has 5 nitrogen and oxygen atoms in total. The van der Waals surface area contributed by atoms with Gasteiger partial charge in [0.15, 0.2) is 5.82 Å². The highest BCUT2D eigenvalue weighted by molar-refractivity contribution is 7.17. The van der Waals surface area contributed by atoms with Crippen LogP contribution in [0.4, 0.5) is 0 Å². The zero-order chi connectivity index (χ0) is 11.7. The van der Waals surface area contributed by atoms with E-state index in [1.54, 1.807) is 13.1 Å². The molecule has 16 heavy (non-hydrogen) atoms. The van der Waals surface area contributed by atoms with Gasteiger partial charge in [0.1, 0.15) is 0 Å². The SMILES string of the molecule is CCn1ccnc1-c1sc(C(=O)O)nc1C. The smallest absolute Gasteiger partial charge is 0.365 e. The van der Waals surface area contributed by atoms with Gasteiger partial charge in [-0.3, -0.25) is 0 Å². The number of aromatic nitrogens is 3. The van der Waals surface area contributed by atoms with E-state index in [-0.39, 0.29) is 5.01 Å². The topological polar surface area (TPSA) is 68.0 Å². The molecule has 0 saturated heterocycles. The van der Waals surface area contributed by atoms with Gasteiger partial charge in [-0.15, -0.1) is 11.3 Å². The summed E-state index contributed by atoms with van der Waals surface area (Å²) in [5, 5.41) is 8.98. The van der Waals surface area contributed by atoms with Crippen LogP contribution in [0.15, 0.2) is 12.4 Å². The van der Waals surface area contributed by atoms with Crippen molar-refractivity contribution < 1.29 is 9.90 Å². The maximum Gasteiger partial charge on any atom is 0.365 e. The molecule has 0 aromatic carbocycles. The zero-order valence-corrected chi connectivity index (χ0v) is 9.78. The number of carboxylic acid groups (broad SMARTS) is 1. The molecule has 2 aromatic heterocycles. The van der Waals surface area contributed by atoms with Crippen molar-refractivity contribution in [3.8, 4) is 10.7 Å². The summed E-state index contributed by atoms with van der Waals surface area (Å²) in [5.74, 6) is -0.209. The van der Waals surface area contributed by atoms with Crippen molar-refractivity contribution >= 4 is 17.3 Å². The van der Waals surface area contributed by atoms with E-state index in [2.05, 4.69) is 9.97 Å². The van der Waals surface area contributed by atoms with E-state index in [0.717, 1.165) is 28.6 Å². The number of hydrogen-bond acceptors (Lipinski definition) is 4. The molecule has 84 valence electrons. The monoisotopic (exact) mass is 237 g/mol. The number of carbonyl (C=O) groups is 1. The Morgan fingerprint density at radius 1 is 1.62 bits per heavy atom. The Morgan fingerprint density at radius 3 is 2.94 bits per heavy atom. The second-order valence-electron chi connectivity index (χ2n) is 3.28. The Labute approximate surface area is 96.4 Å². The second kappa shape index (κ2) is 4.05. The van der Waals surface area contributed by atoms with Gasteiger partial charge in [-0.1, -0.05) is 0 Å². The van der Waals surface area contributed by atoms with Gasteiger partial charge in [0, 0.05) is 18.9 Å². The molecule has 0 atom stereocenters. The Hall–Kier alpha value is -1.69. The predicted molar refractivity (Wildman–Crippen MR) is 60.7 cm³/mol. The van der Waals surface area contributed by atoms with Gasteiger partial charge in [0.05, 0.1) is 10.6 Å². The minimum Gasteiger partial charge on any atom is -0.476 e. The molecule has 2 heterocycles. The van der Waals surface area contributed by atoms with Crippen molar-refractivity contribution in [3.05, 3.63) is 23.1 Å². The molecule has 0 amide bonds. The summed E-state index contributed by atoms with van der Waals surface area (Å²) in [4.78, 5) is 19.9. The van der Waals surface area contributed by atoms with Crippen molar-refractivity contribution in [2.75, 3.05) is 0 Å². The third-order valence-corrected chi connectivity index (χ3v) is 3.38. The first-order valence-electron chi connectivity index (χ1n) is 4.85. The molecule has 0 fully saturated rings. The molecule has 0 radical (unpaired) electrons. The minimum atomic E-state index is -0.992. The van der Waals surface area contributed by atoms with E-state index in [4.69, 9.17) is 5.11 Å². The Morgan fingerprint density at radius 2 is 2.38 bits per heavy atom. The third kappa shape index (κ3) is 1.71. The lowest BCUT2D eigenvalue weighted by molar-refractivity contribution is 0.0696. The fraction of sp³-hybridized carbons (Fsp3) is 0.300. The highest BCUT2D eigenvalue weighted by Crippen LogP contribution is 2.28. The van der Waals surface area contributed by atoms with E-state index < -0.39 is 5.97 Å². The highest BCUT2D eigenvalue weighted by atomic mass is 32.1. The van der Waals surface area contributed by atoms with Gasteiger partial charge >= 0.3 is 5.97 Å². The number of rotatable bonds is 3. The fourth-order valence-corrected chi connectivity index (χ4v) is 2.39. The van der Waals surface area contributed by atoms with Gasteiger partial charge in [0.25, 0.3) is 0 Å². The first kappa shape index (κ1) is 10.8. The van der Waals surface area contributed by atoms with Crippen LogP contribution < -0.4 is 0 Å². The number of imidazole rings is 1. The summed E-state index contributed by atoms with van der Waals surface area (Å²) in [5.41, 5.74) is 0.711. The normalized spacial score (nSPS) is 10.6. The van der Waals surface area contributed by atoms with Crippen molar-refractivity contribution in [1.29, 1.82) is 0 Å². The molecule has 0 unspecified atom stereocenters. The number of aromatic carboxylic acids is 1. The van der Waals surface area contributed by atoms with Crippen LogP contribution in [0.3, 0.4) is 0 Å². The van der Waals surface area contributed by atoms with Crippen LogP contribution in [-0.2, 0) is 6.54 Å². The van der Waals surface area contributed by atoms with Crippen LogP contribution >= 0.6 is 11.3 Å². The average molecular weight is 237 g/mol. The van der Waals surface area contributed by atoms with Crippen molar-refractivity contribution in [2.24, 2.45) is 0 Å². The Bertz CT molecular complexity index is 530. The van der Waals surface area contributed by atoms with Crippen molar-refractivity contribution in [2.45, 2.75) is 20.4 Å². The van der Waals surface area contributed by atoms with Crippen LogP contribution in [0, 0.1) is 6.92 Å². The standard InChI is InChI=1S/C10H11N3O2S/c1-3-13-5-4-11-8(13)7-6(2)12-9(16-7)10(14)15/h4-5H,3H2,1-2H3,(H,14,15). The molecule has 2 aromatic rings. The van der Waals surface area contributed by atoms with E-state index in [9.17, 15) is 4.79 Å². The van der Waals surface area contributed by atoms with Gasteiger partial charge in [-0.2, -0.15) is 0 Å². The number of carboxylic acids is 1. The number of nitrogens with zero attached hydrogens (tertiary/aromatic N) is 3. The van der Waals surface area contributed by atoms with Crippen LogP contribution in [-0.4, -0.2) is 25.6 Å². The molecule has 0 spiro atoms. The molecular weight excluding hydrogens is 226 g/mol. The van der Waals surface area contributed by atoms with Gasteiger partial charge in [-0.25, -0.2) is 14.8 Å². The lowest BCUT2D eigenvalue weighted by Crippen LogP contribution is -1.95. The molecule has 0 saturated carbocycles. The van der Waals surface area contributed by atoms with E-state index in [1.165, 1.54) is 0 Å². The maximum absolute atomic E-state index is 10.8. The lowest BCUT2D eigenvalue weighted by atomic mass is 10.4. The zero-order valence-electron chi connectivity index (χ0n) is 8.97. The maximum atomic E-state index is 10.8. The van der Waals surface area contributed by atoms with Gasteiger partial charge < -0.3 is 9.67 Å². The second-order valence-corrected chi connectivity index (χ2v) is 4.27. The predicted octanol–water partition coefficient (Wildman–Crippen LogP) is 2.03. The first-order valence-corrected chi connectivity index (χ1v) is 5.67. The van der Waals surface area contributed by atoms with E-state index >= 15 is 0 Å². The largest absolute Gasteiger partial charge is 0.476 e. The summed E-state index contributed by atoms with van der Waals surface area (Å²) in [6, 6.07) is 0. The molecule has 1 N–H and O–H groups in total. The molecule has 0 bridgehead atoms. The summed E-state index contributed by atoms with van der Waals surface area (Å²) in [6.07, 6.45) is 3.58. The van der Waals surface area contributed by atoms with Gasteiger partial charge in [-0.05, 0) is 13.8 Å². The van der Waals surface area contributed by atoms with Crippen molar-refractivity contribution in [1.82, 2.24) is 14.5 Å². The molecule has 0 aliphatic heterocycles. The van der Waals surface area contributed by atoms with Gasteiger partial charge in [0.2, 0.25) is 5.01 Å². The highest BCUT2D eigenvalue weighted by Gasteiger charge is 2.17. The number of thiazole rings is 1. The number of hydrogen-bond donors (Lipinski definition) is 1. The summed E-state index contributed by atoms with van der Waals surface area (Å²) in [6.45, 7) is 4.61. The quantitative estimate of drug-likeness (QED) is 0.886. The lowest BCUT2D eigenvalue weighted by Gasteiger charge is -2.01. The Kier molecular flexibility index (Phi) is 2.74. The third-order valence-electron chi connectivity index (χ3n) is 2.24. The van der Waals surface area contributed by atoms with E-state index in [1.807, 2.05) is 17.7 Å². The van der Waals surface area contributed by atoms with Crippen LogP contribution in [0.2, 0.25) is 0 Å².